The highest BCUT2D eigenvalue weighted by molar-refractivity contribution is 5.91. The number of amides is 1. The molecule has 0 spiro atoms. The number of nitrogens with zero attached hydrogens (tertiary/aromatic N) is 5. The number of piperidine rings is 1. The van der Waals surface area contributed by atoms with Crippen LogP contribution in [0.4, 0.5) is 0 Å². The van der Waals surface area contributed by atoms with Crippen molar-refractivity contribution in [2.75, 3.05) is 33.3 Å². The van der Waals surface area contributed by atoms with Crippen LogP contribution in [0.15, 0.2) is 60.8 Å². The van der Waals surface area contributed by atoms with Gasteiger partial charge in [0.15, 0.2) is 5.69 Å². The molecule has 8 nitrogen and oxygen atoms in total. The molecule has 1 fully saturated rings. The maximum atomic E-state index is 12.3. The summed E-state index contributed by atoms with van der Waals surface area (Å²) in [4.78, 5) is 16.2. The number of carbonyl (C=O) groups excluding carboxylic acids is 1. The average Bonchev–Trinajstić information content (AvgIpc) is 3.30. The number of likely N-dealkylation sites (tertiary alicyclic amines) is 1. The summed E-state index contributed by atoms with van der Waals surface area (Å²) >= 11 is 0. The molecule has 2 aromatic carbocycles. The molecule has 0 radical (unpaired) electrons. The zero-order chi connectivity index (χ0) is 22.3. The number of ether oxygens (including phenoxy) is 1. The number of hydrogen-bond acceptors (Lipinski definition) is 6. The van der Waals surface area contributed by atoms with Crippen molar-refractivity contribution < 1.29 is 14.6 Å². The molecule has 32 heavy (non-hydrogen) atoms. The Bertz CT molecular complexity index is 1020. The van der Waals surface area contributed by atoms with Crippen LogP contribution >= 0.6 is 0 Å². The molecule has 1 aliphatic rings. The van der Waals surface area contributed by atoms with Crippen molar-refractivity contribution in [3.05, 3.63) is 72.1 Å². The molecule has 2 heterocycles. The van der Waals surface area contributed by atoms with Gasteiger partial charge >= 0.3 is 0 Å². The third-order valence-electron chi connectivity index (χ3n) is 5.73. The first-order valence-electron chi connectivity index (χ1n) is 10.9. The van der Waals surface area contributed by atoms with Gasteiger partial charge in [-0.25, -0.2) is 4.68 Å². The van der Waals surface area contributed by atoms with Crippen molar-refractivity contribution >= 4 is 5.91 Å². The smallest absolute Gasteiger partial charge is 0.275 e. The number of carbonyl (C=O) groups is 1. The Morgan fingerprint density at radius 1 is 1.12 bits per heavy atom. The van der Waals surface area contributed by atoms with Crippen LogP contribution in [0.5, 0.6) is 11.5 Å². The van der Waals surface area contributed by atoms with Crippen LogP contribution < -0.4 is 4.74 Å². The van der Waals surface area contributed by atoms with Crippen LogP contribution in [0.2, 0.25) is 0 Å². The molecule has 0 aliphatic carbocycles. The highest BCUT2D eigenvalue weighted by Crippen LogP contribution is 2.25. The van der Waals surface area contributed by atoms with E-state index in [1.807, 2.05) is 47.1 Å². The first-order valence-corrected chi connectivity index (χ1v) is 10.9. The molecule has 0 atom stereocenters. The van der Waals surface area contributed by atoms with Crippen LogP contribution in [-0.4, -0.2) is 69.1 Å². The maximum absolute atomic E-state index is 12.3. The fraction of sp³-hybridized carbons (Fsp3) is 0.375. The third-order valence-corrected chi connectivity index (χ3v) is 5.73. The van der Waals surface area contributed by atoms with Gasteiger partial charge in [0.05, 0.1) is 18.8 Å². The number of rotatable bonds is 8. The molecule has 1 aliphatic heterocycles. The monoisotopic (exact) mass is 435 g/mol. The molecule has 168 valence electrons. The van der Waals surface area contributed by atoms with Gasteiger partial charge < -0.3 is 14.7 Å². The Kier molecular flexibility index (Phi) is 7.14. The second-order valence-corrected chi connectivity index (χ2v) is 8.10. The lowest BCUT2D eigenvalue weighted by Gasteiger charge is -2.31. The number of para-hydroxylation sites is 1. The fourth-order valence-corrected chi connectivity index (χ4v) is 3.93. The molecular weight excluding hydrogens is 406 g/mol. The largest absolute Gasteiger partial charge is 0.457 e. The third kappa shape index (κ3) is 5.52. The van der Waals surface area contributed by atoms with Gasteiger partial charge in [0.1, 0.15) is 11.5 Å². The summed E-state index contributed by atoms with van der Waals surface area (Å²) in [5, 5.41) is 17.2. The van der Waals surface area contributed by atoms with E-state index >= 15 is 0 Å². The Labute approximate surface area is 188 Å². The summed E-state index contributed by atoms with van der Waals surface area (Å²) in [5.74, 6) is 1.45. The molecule has 8 heteroatoms. The van der Waals surface area contributed by atoms with Crippen LogP contribution in [0.1, 0.15) is 34.9 Å². The molecule has 1 aromatic heterocycles. The van der Waals surface area contributed by atoms with E-state index in [0.717, 1.165) is 44.0 Å². The van der Waals surface area contributed by atoms with Gasteiger partial charge in [0.2, 0.25) is 0 Å². The summed E-state index contributed by atoms with van der Waals surface area (Å²) in [6.45, 7) is 2.97. The number of benzene rings is 2. The Morgan fingerprint density at radius 2 is 1.88 bits per heavy atom. The van der Waals surface area contributed by atoms with Crippen LogP contribution in [0, 0.1) is 0 Å². The molecule has 1 N–H and O–H groups in total. The first kappa shape index (κ1) is 22.0. The number of aliphatic hydroxyl groups excluding tert-OH is 1. The topological polar surface area (TPSA) is 83.7 Å². The van der Waals surface area contributed by atoms with Gasteiger partial charge in [0, 0.05) is 33.2 Å². The lowest BCUT2D eigenvalue weighted by molar-refractivity contribution is 0.0761. The van der Waals surface area contributed by atoms with Gasteiger partial charge in [-0.05, 0) is 42.7 Å². The van der Waals surface area contributed by atoms with Crippen molar-refractivity contribution in [3.63, 3.8) is 0 Å². The molecule has 0 saturated carbocycles. The number of aromatic nitrogens is 3. The van der Waals surface area contributed by atoms with Crippen molar-refractivity contribution in [2.24, 2.45) is 0 Å². The van der Waals surface area contributed by atoms with Gasteiger partial charge in [0.25, 0.3) is 5.91 Å². The molecule has 1 saturated heterocycles. The minimum atomic E-state index is -0.222. The second-order valence-electron chi connectivity index (χ2n) is 8.10. The quantitative estimate of drug-likeness (QED) is 0.586. The zero-order valence-corrected chi connectivity index (χ0v) is 18.3. The SMILES string of the molecule is CN(CCO)C(=O)c1cn(C2CCN(Cc3cccc(Oc4ccccc4)c3)CC2)nn1. The summed E-state index contributed by atoms with van der Waals surface area (Å²) in [6.07, 6.45) is 3.62. The molecule has 4 rings (SSSR count). The van der Waals surface area contributed by atoms with Crippen LogP contribution in [0.25, 0.3) is 0 Å². The first-order chi connectivity index (χ1) is 15.6. The minimum absolute atomic E-state index is 0.0733. The summed E-state index contributed by atoms with van der Waals surface area (Å²) < 4.78 is 7.77. The number of likely N-dealkylation sites (N-methyl/N-ethyl adjacent to an activating group) is 1. The Balaban J connectivity index is 1.30. The predicted octanol–water partition coefficient (Wildman–Crippen LogP) is 2.97. The molecule has 0 bridgehead atoms. The van der Waals surface area contributed by atoms with E-state index in [1.54, 1.807) is 13.2 Å². The minimum Gasteiger partial charge on any atom is -0.457 e. The van der Waals surface area contributed by atoms with E-state index in [9.17, 15) is 4.79 Å². The number of hydrogen-bond donors (Lipinski definition) is 1. The molecule has 3 aromatic rings. The van der Waals surface area contributed by atoms with Crippen LogP contribution in [-0.2, 0) is 6.54 Å². The summed E-state index contributed by atoms with van der Waals surface area (Å²) in [6, 6.07) is 18.3. The number of aliphatic hydroxyl groups is 1. The van der Waals surface area contributed by atoms with Crippen molar-refractivity contribution in [2.45, 2.75) is 25.4 Å². The second kappa shape index (κ2) is 10.4. The fourth-order valence-electron chi connectivity index (χ4n) is 3.93. The maximum Gasteiger partial charge on any atom is 0.275 e. The Hall–Kier alpha value is -3.23. The molecular formula is C24H29N5O3. The normalized spacial score (nSPS) is 14.9. The van der Waals surface area contributed by atoms with E-state index < -0.39 is 0 Å². The van der Waals surface area contributed by atoms with Gasteiger partial charge in [-0.3, -0.25) is 9.69 Å². The van der Waals surface area contributed by atoms with E-state index in [-0.39, 0.29) is 25.1 Å². The predicted molar refractivity (Wildman–Crippen MR) is 121 cm³/mol. The van der Waals surface area contributed by atoms with E-state index in [4.69, 9.17) is 9.84 Å². The van der Waals surface area contributed by atoms with E-state index in [0.29, 0.717) is 5.69 Å². The summed E-state index contributed by atoms with van der Waals surface area (Å²) in [5.41, 5.74) is 1.54. The zero-order valence-electron chi connectivity index (χ0n) is 18.3. The van der Waals surface area contributed by atoms with Gasteiger partial charge in [-0.1, -0.05) is 35.5 Å². The highest BCUT2D eigenvalue weighted by Gasteiger charge is 2.23. The molecule has 0 unspecified atom stereocenters. The summed E-state index contributed by atoms with van der Waals surface area (Å²) in [7, 11) is 1.65. The standard InChI is InChI=1S/C24H29N5O3/c1-27(14-15-30)24(31)23-18-29(26-25-23)20-10-12-28(13-11-20)17-19-6-5-9-22(16-19)32-21-7-3-2-4-8-21/h2-9,16,18,20,30H,10-15,17H2,1H3. The van der Waals surface area contributed by atoms with E-state index in [1.165, 1.54) is 10.5 Å². The lowest BCUT2D eigenvalue weighted by atomic mass is 10.0. The van der Waals surface area contributed by atoms with Crippen molar-refractivity contribution in [1.82, 2.24) is 24.8 Å². The van der Waals surface area contributed by atoms with E-state index in [2.05, 4.69) is 27.3 Å². The Morgan fingerprint density at radius 3 is 2.62 bits per heavy atom. The van der Waals surface area contributed by atoms with Crippen molar-refractivity contribution in [3.8, 4) is 11.5 Å². The average molecular weight is 436 g/mol. The van der Waals surface area contributed by atoms with Gasteiger partial charge in [-0.15, -0.1) is 5.10 Å². The molecule has 1 amide bonds. The van der Waals surface area contributed by atoms with Gasteiger partial charge in [-0.2, -0.15) is 0 Å². The highest BCUT2D eigenvalue weighted by atomic mass is 16.5. The van der Waals surface area contributed by atoms with Crippen molar-refractivity contribution in [1.29, 1.82) is 0 Å². The lowest BCUT2D eigenvalue weighted by Crippen LogP contribution is -2.34. The van der Waals surface area contributed by atoms with Crippen LogP contribution in [0.3, 0.4) is 0 Å².